The average molecular weight is 737 g/mol. The summed E-state index contributed by atoms with van der Waals surface area (Å²) in [5.74, 6) is 0.958. The van der Waals surface area contributed by atoms with E-state index in [1.165, 1.54) is 0 Å². The first-order valence-electron chi connectivity index (χ1n) is 19.2. The Morgan fingerprint density at radius 2 is 1.20 bits per heavy atom. The Morgan fingerprint density at radius 1 is 0.704 bits per heavy atom. The van der Waals surface area contributed by atoms with Gasteiger partial charge in [-0.25, -0.2) is 23.4 Å². The molecule has 6 heterocycles. The van der Waals surface area contributed by atoms with Gasteiger partial charge in [0.1, 0.15) is 6.61 Å². The molecule has 2 atom stereocenters. The van der Waals surface area contributed by atoms with Crippen molar-refractivity contribution in [2.75, 3.05) is 39.4 Å². The van der Waals surface area contributed by atoms with Crippen LogP contribution in [0.25, 0.3) is 11.0 Å². The third-order valence-corrected chi connectivity index (χ3v) is 10.9. The molecule has 5 aromatic rings. The van der Waals surface area contributed by atoms with Crippen LogP contribution in [-0.2, 0) is 20.8 Å². The Bertz CT molecular complexity index is 2010. The van der Waals surface area contributed by atoms with Crippen molar-refractivity contribution in [3.63, 3.8) is 0 Å². The molecule has 0 aliphatic carbocycles. The molecule has 286 valence electrons. The maximum Gasteiger partial charge on any atom is 0.410 e. The van der Waals surface area contributed by atoms with E-state index in [1.54, 1.807) is 24.2 Å². The number of benzene rings is 1. The maximum atomic E-state index is 12.5. The Kier molecular flexibility index (Phi) is 13.0. The summed E-state index contributed by atoms with van der Waals surface area (Å²) in [6.45, 7) is 12.5. The number of nitrogens with one attached hydrogen (secondary N) is 1. The molecule has 12 heteroatoms. The maximum absolute atomic E-state index is 12.5. The molecular weight excluding hydrogens is 684 g/mol. The third kappa shape index (κ3) is 8.76. The first-order valence-corrected chi connectivity index (χ1v) is 19.2. The summed E-state index contributed by atoms with van der Waals surface area (Å²) in [4.78, 5) is 38.9. The van der Waals surface area contributed by atoms with Crippen LogP contribution in [0.3, 0.4) is 0 Å². The number of fused-ring (bicyclic) bond motifs is 2. The van der Waals surface area contributed by atoms with Gasteiger partial charge in [-0.2, -0.15) is 10.2 Å². The van der Waals surface area contributed by atoms with Crippen LogP contribution in [0.1, 0.15) is 103 Å². The number of aromatic nitrogens is 4. The number of amides is 1. The fourth-order valence-corrected chi connectivity index (χ4v) is 7.74. The van der Waals surface area contributed by atoms with E-state index in [9.17, 15) is 14.4 Å². The van der Waals surface area contributed by atoms with Crippen LogP contribution in [0.15, 0.2) is 79.1 Å². The van der Waals surface area contributed by atoms with Crippen LogP contribution < -0.4 is 5.32 Å². The van der Waals surface area contributed by atoms with Gasteiger partial charge in [0, 0.05) is 48.7 Å². The molecule has 7 rings (SSSR count). The first-order chi connectivity index (χ1) is 26.3. The summed E-state index contributed by atoms with van der Waals surface area (Å²) >= 11 is 0. The van der Waals surface area contributed by atoms with Gasteiger partial charge < -0.3 is 24.4 Å². The van der Waals surface area contributed by atoms with Crippen molar-refractivity contribution in [3.8, 4) is 0 Å². The fraction of sp³-hybridized carbons (Fsp3) is 0.452. The predicted octanol–water partition coefficient (Wildman–Crippen LogP) is 7.28. The molecule has 2 fully saturated rings. The number of nitrogens with zero attached hydrogens (tertiary/aromatic N) is 5. The highest BCUT2D eigenvalue weighted by atomic mass is 16.6. The van der Waals surface area contributed by atoms with Gasteiger partial charge in [0.2, 0.25) is 0 Å². The molecule has 0 bridgehead atoms. The number of carbonyl (C=O) groups is 3. The number of hydrogen-bond donors (Lipinski definition) is 1. The SMILES string of the molecule is CCOC(=O)c1cc(C(C)C2CCN(C(=O)OCc3ccccc3)CC2)n2ncccc12.CCOC(=O)c1cc(C(C)C2CCNCC2)n2ncccc12. The zero-order valence-corrected chi connectivity index (χ0v) is 31.8. The van der Waals surface area contributed by atoms with Gasteiger partial charge in [-0.3, -0.25) is 0 Å². The van der Waals surface area contributed by atoms with Crippen LogP contribution in [0.4, 0.5) is 4.79 Å². The zero-order valence-electron chi connectivity index (χ0n) is 31.8. The molecule has 2 aliphatic rings. The molecule has 12 nitrogen and oxygen atoms in total. The number of likely N-dealkylation sites (tertiary alicyclic amines) is 1. The Balaban J connectivity index is 0.000000197. The summed E-state index contributed by atoms with van der Waals surface area (Å²) in [7, 11) is 0. The normalized spacial score (nSPS) is 16.3. The number of ether oxygens (including phenoxy) is 3. The molecule has 0 radical (unpaired) electrons. The van der Waals surface area contributed by atoms with Gasteiger partial charge in [-0.15, -0.1) is 0 Å². The van der Waals surface area contributed by atoms with Crippen molar-refractivity contribution < 1.29 is 28.6 Å². The summed E-state index contributed by atoms with van der Waals surface area (Å²) in [5, 5.41) is 12.3. The number of rotatable bonds is 10. The van der Waals surface area contributed by atoms with E-state index in [4.69, 9.17) is 14.2 Å². The van der Waals surface area contributed by atoms with E-state index in [0.717, 1.165) is 66.8 Å². The second kappa shape index (κ2) is 18.2. The monoisotopic (exact) mass is 736 g/mol. The van der Waals surface area contributed by atoms with Crippen LogP contribution >= 0.6 is 0 Å². The minimum Gasteiger partial charge on any atom is -0.462 e. The van der Waals surface area contributed by atoms with E-state index >= 15 is 0 Å². The quantitative estimate of drug-likeness (QED) is 0.116. The van der Waals surface area contributed by atoms with E-state index in [-0.39, 0.29) is 30.6 Å². The highest BCUT2D eigenvalue weighted by Crippen LogP contribution is 2.35. The smallest absolute Gasteiger partial charge is 0.410 e. The molecule has 4 aromatic heterocycles. The van der Waals surface area contributed by atoms with Gasteiger partial charge in [0.05, 0.1) is 35.4 Å². The van der Waals surface area contributed by atoms with Crippen LogP contribution in [-0.4, -0.2) is 81.6 Å². The van der Waals surface area contributed by atoms with Crippen molar-refractivity contribution in [1.82, 2.24) is 29.4 Å². The van der Waals surface area contributed by atoms with Crippen molar-refractivity contribution in [2.45, 2.75) is 71.8 Å². The summed E-state index contributed by atoms with van der Waals surface area (Å²) in [5.41, 5.74) is 5.83. The second-order valence-electron chi connectivity index (χ2n) is 14.1. The summed E-state index contributed by atoms with van der Waals surface area (Å²) in [6.07, 6.45) is 7.29. The van der Waals surface area contributed by atoms with E-state index in [0.29, 0.717) is 55.2 Å². The molecule has 54 heavy (non-hydrogen) atoms. The van der Waals surface area contributed by atoms with Crippen molar-refractivity contribution >= 4 is 29.1 Å². The molecule has 2 saturated heterocycles. The van der Waals surface area contributed by atoms with Crippen molar-refractivity contribution in [2.24, 2.45) is 11.8 Å². The topological polar surface area (TPSA) is 129 Å². The standard InChI is InChI=1S/C25H29N3O4.C17H23N3O2/c1-3-31-24(29)21-16-23(28-22(21)10-7-13-26-28)18(2)20-11-14-27(15-12-20)25(30)32-17-19-8-5-4-6-9-19;1-3-22-17(21)14-11-16(20-15(14)5-4-8-19-20)12(2)13-6-9-18-10-7-13/h4-10,13,16,18,20H,3,11-12,14-15,17H2,1-2H3;4-5,8,11-13,18H,3,6-7,9-10H2,1-2H3. The molecular formula is C42H52N6O6. The number of piperidine rings is 2. The number of esters is 2. The van der Waals surface area contributed by atoms with Gasteiger partial charge in [0.25, 0.3) is 0 Å². The van der Waals surface area contributed by atoms with Crippen molar-refractivity contribution in [3.05, 3.63) is 107 Å². The number of hydrogen-bond acceptors (Lipinski definition) is 9. The van der Waals surface area contributed by atoms with Crippen LogP contribution in [0.2, 0.25) is 0 Å². The van der Waals surface area contributed by atoms with Crippen LogP contribution in [0.5, 0.6) is 0 Å². The third-order valence-electron chi connectivity index (χ3n) is 10.9. The molecule has 0 spiro atoms. The zero-order chi connectivity index (χ0) is 38.0. The molecule has 1 aromatic carbocycles. The highest BCUT2D eigenvalue weighted by molar-refractivity contribution is 5.98. The van der Waals surface area contributed by atoms with Gasteiger partial charge in [-0.05, 0) is 106 Å². The van der Waals surface area contributed by atoms with Crippen molar-refractivity contribution in [1.29, 1.82) is 0 Å². The molecule has 1 amide bonds. The minimum absolute atomic E-state index is 0.183. The van der Waals surface area contributed by atoms with Gasteiger partial charge >= 0.3 is 18.0 Å². The lowest BCUT2D eigenvalue weighted by Crippen LogP contribution is -2.39. The molecule has 0 saturated carbocycles. The Morgan fingerprint density at radius 3 is 1.70 bits per heavy atom. The molecule has 1 N–H and O–H groups in total. The van der Waals surface area contributed by atoms with Gasteiger partial charge in [0.15, 0.2) is 0 Å². The Labute approximate surface area is 316 Å². The van der Waals surface area contributed by atoms with E-state index in [1.807, 2.05) is 82.7 Å². The second-order valence-corrected chi connectivity index (χ2v) is 14.1. The van der Waals surface area contributed by atoms with Gasteiger partial charge in [-0.1, -0.05) is 44.2 Å². The lowest BCUT2D eigenvalue weighted by molar-refractivity contribution is 0.0519. The predicted molar refractivity (Wildman–Crippen MR) is 206 cm³/mol. The Hall–Kier alpha value is -5.23. The lowest BCUT2D eigenvalue weighted by Gasteiger charge is -2.34. The average Bonchev–Trinajstić information content (AvgIpc) is 3.81. The van der Waals surface area contributed by atoms with Crippen LogP contribution in [0, 0.1) is 11.8 Å². The largest absolute Gasteiger partial charge is 0.462 e. The number of carbonyl (C=O) groups excluding carboxylic acids is 3. The lowest BCUT2D eigenvalue weighted by atomic mass is 9.83. The first kappa shape index (κ1) is 38.5. The highest BCUT2D eigenvalue weighted by Gasteiger charge is 2.31. The fourth-order valence-electron chi connectivity index (χ4n) is 7.74. The molecule has 2 unspecified atom stereocenters. The van der Waals surface area contributed by atoms with E-state index in [2.05, 4.69) is 29.4 Å². The molecule has 2 aliphatic heterocycles. The minimum atomic E-state index is -0.326. The summed E-state index contributed by atoms with van der Waals surface area (Å²) < 4.78 is 19.6. The summed E-state index contributed by atoms with van der Waals surface area (Å²) in [6, 6.07) is 21.1. The van der Waals surface area contributed by atoms with E-state index < -0.39 is 0 Å².